The minimum Gasteiger partial charge on any atom is -0.495 e. The molecule has 250 valence electrons. The number of ether oxygens (including phenoxy) is 4. The maximum atomic E-state index is 14.0. The van der Waals surface area contributed by atoms with Gasteiger partial charge in [-0.15, -0.1) is 0 Å². The molecule has 0 saturated carbocycles. The van der Waals surface area contributed by atoms with Gasteiger partial charge in [-0.1, -0.05) is 75.4 Å². The zero-order valence-corrected chi connectivity index (χ0v) is 29.0. The molecule has 1 N–H and O–H groups in total. The van der Waals surface area contributed by atoms with E-state index in [2.05, 4.69) is 20.8 Å². The second-order valence-electron chi connectivity index (χ2n) is 14.0. The van der Waals surface area contributed by atoms with E-state index in [1.165, 1.54) is 7.11 Å². The molecule has 9 heteroatoms. The third-order valence-corrected chi connectivity index (χ3v) is 10.4. The number of benzene rings is 1. The zero-order chi connectivity index (χ0) is 33.1. The molecule has 3 heterocycles. The van der Waals surface area contributed by atoms with E-state index in [-0.39, 0.29) is 43.1 Å². The van der Waals surface area contributed by atoms with Crippen LogP contribution >= 0.6 is 11.6 Å². The number of hydrogen-bond donors (Lipinski definition) is 1. The standard InChI is InChI=1S/C36H52ClNO7/c1-22(2)12-9-10-14-26-19-31(39)38(6)27-17-25(18-28(42-7)33(27)37)16-23(3)13-11-15-30(43-8)36(41)20-29(44-32(40)21-36)24(4)34-35(26,5)45-34/h11,13,15,17-18,22,24,26,29-30,34,41H,9-10,12,14,16,19-21H2,1-8H3/b15-11+,23-13+/t24-,26+,29+,30-,34+,35+,36-/m1/s1. The van der Waals surface area contributed by atoms with Gasteiger partial charge in [-0.25, -0.2) is 0 Å². The van der Waals surface area contributed by atoms with E-state index in [4.69, 9.17) is 30.5 Å². The van der Waals surface area contributed by atoms with Crippen LogP contribution in [0.4, 0.5) is 5.69 Å². The fourth-order valence-electron chi connectivity index (χ4n) is 7.15. The Bertz CT molecular complexity index is 1290. The molecule has 3 aliphatic rings. The SMILES string of the molecule is COc1cc2cc(c1Cl)N(C)C(=O)C[C@H](CCCCC(C)C)[C@]1(C)O[C@H]1[C@H](C)[C@@H]1C[C@@](O)(CC(=O)O1)[C@H](OC)/C=C/C=C(\C)C2. The van der Waals surface area contributed by atoms with E-state index in [0.717, 1.165) is 36.8 Å². The van der Waals surface area contributed by atoms with Gasteiger partial charge in [0.2, 0.25) is 5.91 Å². The first-order chi connectivity index (χ1) is 21.2. The molecule has 1 aromatic carbocycles. The number of amides is 1. The van der Waals surface area contributed by atoms with Gasteiger partial charge in [-0.2, -0.15) is 0 Å². The summed E-state index contributed by atoms with van der Waals surface area (Å²) < 4.78 is 23.6. The van der Waals surface area contributed by atoms with Crippen molar-refractivity contribution in [2.75, 3.05) is 26.2 Å². The zero-order valence-electron chi connectivity index (χ0n) is 28.2. The quantitative estimate of drug-likeness (QED) is 0.197. The molecule has 2 saturated heterocycles. The molecule has 3 aliphatic heterocycles. The number of anilines is 1. The van der Waals surface area contributed by atoms with Gasteiger partial charge in [-0.3, -0.25) is 9.59 Å². The summed E-state index contributed by atoms with van der Waals surface area (Å²) in [6, 6.07) is 3.84. The van der Waals surface area contributed by atoms with Crippen molar-refractivity contribution >= 4 is 29.2 Å². The summed E-state index contributed by atoms with van der Waals surface area (Å²) in [5.41, 5.74) is 0.579. The van der Waals surface area contributed by atoms with Crippen LogP contribution in [0.2, 0.25) is 5.02 Å². The lowest BCUT2D eigenvalue weighted by Gasteiger charge is -2.41. The second kappa shape index (κ2) is 14.6. The first-order valence-corrected chi connectivity index (χ1v) is 16.7. The number of halogens is 1. The van der Waals surface area contributed by atoms with Crippen LogP contribution in [-0.2, 0) is 30.2 Å². The molecule has 45 heavy (non-hydrogen) atoms. The van der Waals surface area contributed by atoms with Gasteiger partial charge in [0.1, 0.15) is 28.6 Å². The topological polar surface area (TPSA) is 97.8 Å². The van der Waals surface area contributed by atoms with Crippen LogP contribution in [0.15, 0.2) is 35.9 Å². The molecule has 1 amide bonds. The number of methoxy groups -OCH3 is 2. The number of allylic oxidation sites excluding steroid dienone is 3. The normalized spacial score (nSPS) is 34.5. The number of nitrogens with zero attached hydrogens (tertiary/aromatic N) is 1. The number of carbonyl (C=O) groups excluding carboxylic acids is 2. The number of rotatable bonds is 7. The molecule has 4 bridgehead atoms. The van der Waals surface area contributed by atoms with Crippen LogP contribution in [0.3, 0.4) is 0 Å². The maximum Gasteiger partial charge on any atom is 0.309 e. The Morgan fingerprint density at radius 3 is 2.60 bits per heavy atom. The van der Waals surface area contributed by atoms with Crippen LogP contribution in [0.25, 0.3) is 0 Å². The van der Waals surface area contributed by atoms with Gasteiger partial charge in [-0.05, 0) is 56.2 Å². The number of epoxide rings is 1. The number of unbranched alkanes of at least 4 members (excludes halogenated alkanes) is 1. The maximum absolute atomic E-state index is 14.0. The molecule has 1 aromatic rings. The minimum absolute atomic E-state index is 0.0531. The summed E-state index contributed by atoms with van der Waals surface area (Å²) >= 11 is 6.78. The van der Waals surface area contributed by atoms with Gasteiger partial charge in [0.05, 0.1) is 30.9 Å². The monoisotopic (exact) mass is 645 g/mol. The Morgan fingerprint density at radius 1 is 1.20 bits per heavy atom. The van der Waals surface area contributed by atoms with Crippen molar-refractivity contribution in [3.63, 3.8) is 0 Å². The molecule has 0 spiro atoms. The molecule has 2 fully saturated rings. The van der Waals surface area contributed by atoms with Crippen molar-refractivity contribution < 1.29 is 33.6 Å². The van der Waals surface area contributed by atoms with E-state index in [1.807, 2.05) is 38.1 Å². The van der Waals surface area contributed by atoms with E-state index < -0.39 is 29.4 Å². The average molecular weight is 646 g/mol. The number of hydrogen-bond acceptors (Lipinski definition) is 7. The first-order valence-electron chi connectivity index (χ1n) is 16.3. The fraction of sp³-hybridized carbons (Fsp3) is 0.667. The molecule has 7 atom stereocenters. The summed E-state index contributed by atoms with van der Waals surface area (Å²) in [4.78, 5) is 28.5. The molecule has 8 nitrogen and oxygen atoms in total. The largest absolute Gasteiger partial charge is 0.495 e. The van der Waals surface area contributed by atoms with Gasteiger partial charge < -0.3 is 29.0 Å². The summed E-state index contributed by atoms with van der Waals surface area (Å²) in [6.07, 6.45) is 9.06. The van der Waals surface area contributed by atoms with Crippen LogP contribution < -0.4 is 9.64 Å². The van der Waals surface area contributed by atoms with Gasteiger partial charge >= 0.3 is 5.97 Å². The van der Waals surface area contributed by atoms with Crippen molar-refractivity contribution in [2.24, 2.45) is 17.8 Å². The molecule has 4 rings (SSSR count). The van der Waals surface area contributed by atoms with Crippen LogP contribution in [0, 0.1) is 17.8 Å². The van der Waals surface area contributed by atoms with Crippen molar-refractivity contribution in [3.05, 3.63) is 46.5 Å². The predicted octanol–water partition coefficient (Wildman–Crippen LogP) is 6.84. The molecule has 0 aliphatic carbocycles. The van der Waals surface area contributed by atoms with Crippen LogP contribution in [-0.4, -0.2) is 67.8 Å². The lowest BCUT2D eigenvalue weighted by Crippen LogP contribution is -2.53. The highest BCUT2D eigenvalue weighted by atomic mass is 35.5. The van der Waals surface area contributed by atoms with E-state index >= 15 is 0 Å². The van der Waals surface area contributed by atoms with Crippen molar-refractivity contribution in [2.45, 2.75) is 115 Å². The van der Waals surface area contributed by atoms with E-state index in [9.17, 15) is 14.7 Å². The highest BCUT2D eigenvalue weighted by Gasteiger charge is 2.62. The number of fused-ring (bicyclic) bond motifs is 5. The molecule has 0 aromatic heterocycles. The Labute approximate surface area is 274 Å². The Balaban J connectivity index is 1.74. The third-order valence-electron chi connectivity index (χ3n) is 10.0. The molecule has 0 unspecified atom stereocenters. The summed E-state index contributed by atoms with van der Waals surface area (Å²) in [7, 11) is 4.88. The first kappa shape index (κ1) is 35.5. The highest BCUT2D eigenvalue weighted by molar-refractivity contribution is 6.35. The second-order valence-corrected chi connectivity index (χ2v) is 14.4. The molecule has 0 radical (unpaired) electrons. The predicted molar refractivity (Wildman–Crippen MR) is 177 cm³/mol. The number of esters is 1. The fourth-order valence-corrected chi connectivity index (χ4v) is 7.47. The van der Waals surface area contributed by atoms with Gasteiger partial charge in [0.15, 0.2) is 0 Å². The summed E-state index contributed by atoms with van der Waals surface area (Å²) in [5.74, 6) is 0.356. The Morgan fingerprint density at radius 2 is 1.93 bits per heavy atom. The highest BCUT2D eigenvalue weighted by Crippen LogP contribution is 2.52. The third kappa shape index (κ3) is 8.13. The van der Waals surface area contributed by atoms with E-state index in [0.29, 0.717) is 28.8 Å². The lowest BCUT2D eigenvalue weighted by molar-refractivity contribution is -0.187. The van der Waals surface area contributed by atoms with Crippen molar-refractivity contribution in [1.29, 1.82) is 0 Å². The van der Waals surface area contributed by atoms with Gasteiger partial charge in [0, 0.05) is 32.9 Å². The van der Waals surface area contributed by atoms with E-state index in [1.54, 1.807) is 25.1 Å². The summed E-state index contributed by atoms with van der Waals surface area (Å²) in [6.45, 7) is 10.5. The average Bonchev–Trinajstić information content (AvgIpc) is 3.67. The number of carbonyl (C=O) groups is 2. The van der Waals surface area contributed by atoms with Crippen LogP contribution in [0.5, 0.6) is 5.75 Å². The summed E-state index contributed by atoms with van der Waals surface area (Å²) in [5, 5.41) is 12.2. The Hall–Kier alpha value is -2.39. The van der Waals surface area contributed by atoms with Crippen LogP contribution in [0.1, 0.15) is 85.1 Å². The minimum atomic E-state index is -1.43. The van der Waals surface area contributed by atoms with Gasteiger partial charge in [0.25, 0.3) is 0 Å². The van der Waals surface area contributed by atoms with Crippen molar-refractivity contribution in [1.82, 2.24) is 0 Å². The van der Waals surface area contributed by atoms with Crippen molar-refractivity contribution in [3.8, 4) is 5.75 Å². The number of aliphatic hydroxyl groups is 1. The smallest absolute Gasteiger partial charge is 0.309 e. The molecular formula is C36H52ClNO7. The lowest BCUT2D eigenvalue weighted by atomic mass is 9.76. The Kier molecular flexibility index (Phi) is 11.5. The molecular weight excluding hydrogens is 594 g/mol.